The van der Waals surface area contributed by atoms with Crippen molar-refractivity contribution in [3.8, 4) is 0 Å². The van der Waals surface area contributed by atoms with Crippen molar-refractivity contribution < 1.29 is 8.42 Å². The fraction of sp³-hybridized carbons (Fsp3) is 0.571. The topological polar surface area (TPSA) is 37.4 Å². The average Bonchev–Trinajstić information content (AvgIpc) is 2.77. The van der Waals surface area contributed by atoms with Crippen molar-refractivity contribution in [1.82, 2.24) is 4.31 Å². The van der Waals surface area contributed by atoms with Crippen molar-refractivity contribution in [2.24, 2.45) is 11.3 Å². The van der Waals surface area contributed by atoms with E-state index in [1.807, 2.05) is 0 Å². The molecule has 0 spiro atoms. The average molecular weight is 381 g/mol. The number of halogens is 2. The molecule has 0 aliphatic carbocycles. The highest BCUT2D eigenvalue weighted by molar-refractivity contribution is 9.10. The zero-order chi connectivity index (χ0) is 15.1. The maximum absolute atomic E-state index is 12.7. The van der Waals surface area contributed by atoms with Crippen LogP contribution in [0.2, 0.25) is 5.02 Å². The Morgan fingerprint density at radius 3 is 2.50 bits per heavy atom. The summed E-state index contributed by atoms with van der Waals surface area (Å²) in [4.78, 5) is 0.192. The van der Waals surface area contributed by atoms with Gasteiger partial charge in [-0.05, 0) is 36.0 Å². The Hall–Kier alpha value is -0.100. The number of hydrogen-bond donors (Lipinski definition) is 0. The van der Waals surface area contributed by atoms with E-state index in [0.29, 0.717) is 19.0 Å². The zero-order valence-corrected chi connectivity index (χ0v) is 15.0. The number of benzene rings is 1. The van der Waals surface area contributed by atoms with Gasteiger partial charge in [0.05, 0.1) is 5.02 Å². The molecule has 0 amide bonds. The SMILES string of the molecule is CC(C)(C)C1CCN(S(=O)(=O)c2ccc(Br)cc2Cl)C1. The Morgan fingerprint density at radius 1 is 1.35 bits per heavy atom. The predicted octanol–water partition coefficient (Wildman–Crippen LogP) is 4.16. The van der Waals surface area contributed by atoms with Gasteiger partial charge in [-0.25, -0.2) is 8.42 Å². The first-order valence-corrected chi connectivity index (χ1v) is 9.18. The lowest BCUT2D eigenvalue weighted by Crippen LogP contribution is -2.31. The van der Waals surface area contributed by atoms with Gasteiger partial charge in [-0.2, -0.15) is 4.31 Å². The van der Waals surface area contributed by atoms with Crippen LogP contribution in [0.1, 0.15) is 27.2 Å². The van der Waals surface area contributed by atoms with Gasteiger partial charge in [-0.3, -0.25) is 0 Å². The van der Waals surface area contributed by atoms with Gasteiger partial charge in [0.1, 0.15) is 4.90 Å². The molecule has 0 radical (unpaired) electrons. The third-order valence-electron chi connectivity index (χ3n) is 3.89. The van der Waals surface area contributed by atoms with Crippen molar-refractivity contribution in [3.05, 3.63) is 27.7 Å². The molecule has 1 unspecified atom stereocenters. The molecule has 1 aromatic rings. The normalized spacial score (nSPS) is 21.4. The van der Waals surface area contributed by atoms with Crippen molar-refractivity contribution in [1.29, 1.82) is 0 Å². The van der Waals surface area contributed by atoms with Crippen LogP contribution >= 0.6 is 27.5 Å². The highest BCUT2D eigenvalue weighted by Crippen LogP contribution is 2.37. The summed E-state index contributed by atoms with van der Waals surface area (Å²) in [5, 5.41) is 0.263. The van der Waals surface area contributed by atoms with Crippen molar-refractivity contribution in [2.45, 2.75) is 32.1 Å². The Balaban J connectivity index is 2.28. The molecule has 0 aromatic heterocycles. The molecule has 3 nitrogen and oxygen atoms in total. The fourth-order valence-electron chi connectivity index (χ4n) is 2.48. The lowest BCUT2D eigenvalue weighted by Gasteiger charge is -2.27. The van der Waals surface area contributed by atoms with Gasteiger partial charge in [0.25, 0.3) is 0 Å². The van der Waals surface area contributed by atoms with E-state index < -0.39 is 10.0 Å². The third-order valence-corrected chi connectivity index (χ3v) is 6.73. The maximum Gasteiger partial charge on any atom is 0.244 e. The molecular formula is C14H19BrClNO2S. The minimum absolute atomic E-state index is 0.119. The molecule has 2 rings (SSSR count). The summed E-state index contributed by atoms with van der Waals surface area (Å²) in [5.74, 6) is 0.381. The molecule has 1 fully saturated rings. The molecule has 0 N–H and O–H groups in total. The summed E-state index contributed by atoms with van der Waals surface area (Å²) < 4.78 is 27.7. The molecule has 1 atom stereocenters. The second-order valence-corrected chi connectivity index (χ2v) is 9.52. The van der Waals surface area contributed by atoms with Crippen LogP contribution in [0.3, 0.4) is 0 Å². The van der Waals surface area contributed by atoms with Crippen LogP contribution in [-0.2, 0) is 10.0 Å². The van der Waals surface area contributed by atoms with Crippen LogP contribution in [0.5, 0.6) is 0 Å². The Kier molecular flexibility index (Phi) is 4.55. The maximum atomic E-state index is 12.7. The summed E-state index contributed by atoms with van der Waals surface area (Å²) in [5.41, 5.74) is 0.119. The Bertz CT molecular complexity index is 610. The zero-order valence-electron chi connectivity index (χ0n) is 11.9. The van der Waals surface area contributed by atoms with E-state index in [2.05, 4.69) is 36.7 Å². The largest absolute Gasteiger partial charge is 0.244 e. The standard InChI is InChI=1S/C14H19BrClNO2S/c1-14(2,3)10-6-7-17(9-10)20(18,19)13-5-4-11(15)8-12(13)16/h4-5,8,10H,6-7,9H2,1-3H3. The first kappa shape index (κ1) is 16.3. The highest BCUT2D eigenvalue weighted by Gasteiger charge is 2.38. The number of rotatable bonds is 2. The molecule has 1 aromatic carbocycles. The summed E-state index contributed by atoms with van der Waals surface area (Å²) in [6.45, 7) is 7.59. The van der Waals surface area contributed by atoms with Crippen LogP contribution in [0.25, 0.3) is 0 Å². The highest BCUT2D eigenvalue weighted by atomic mass is 79.9. The molecule has 0 saturated carbocycles. The lowest BCUT2D eigenvalue weighted by atomic mass is 9.80. The Morgan fingerprint density at radius 2 is 2.00 bits per heavy atom. The van der Waals surface area contributed by atoms with Crippen LogP contribution in [0, 0.1) is 11.3 Å². The summed E-state index contributed by atoms with van der Waals surface area (Å²) in [7, 11) is -3.50. The lowest BCUT2D eigenvalue weighted by molar-refractivity contribution is 0.252. The predicted molar refractivity (Wildman–Crippen MR) is 85.5 cm³/mol. The third kappa shape index (κ3) is 3.21. The fourth-order valence-corrected chi connectivity index (χ4v) is 4.99. The summed E-state index contributed by atoms with van der Waals surface area (Å²) in [6.07, 6.45) is 0.900. The van der Waals surface area contributed by atoms with Crippen molar-refractivity contribution >= 4 is 37.6 Å². The number of nitrogens with zero attached hydrogens (tertiary/aromatic N) is 1. The minimum atomic E-state index is -3.50. The van der Waals surface area contributed by atoms with E-state index in [-0.39, 0.29) is 15.3 Å². The first-order chi connectivity index (χ1) is 9.12. The van der Waals surface area contributed by atoms with E-state index in [0.717, 1.165) is 10.9 Å². The summed E-state index contributed by atoms with van der Waals surface area (Å²) in [6, 6.07) is 4.88. The van der Waals surface area contributed by atoms with Gasteiger partial charge in [-0.15, -0.1) is 0 Å². The molecule has 1 heterocycles. The van der Waals surface area contributed by atoms with E-state index in [1.54, 1.807) is 22.5 Å². The molecule has 1 aliphatic rings. The summed E-state index contributed by atoms with van der Waals surface area (Å²) >= 11 is 9.37. The second-order valence-electron chi connectivity index (χ2n) is 6.29. The monoisotopic (exact) mass is 379 g/mol. The van der Waals surface area contributed by atoms with Gasteiger partial charge in [0.2, 0.25) is 10.0 Å². The van der Waals surface area contributed by atoms with Gasteiger partial charge in [0, 0.05) is 17.6 Å². The molecule has 1 saturated heterocycles. The van der Waals surface area contributed by atoms with E-state index in [4.69, 9.17) is 11.6 Å². The van der Waals surface area contributed by atoms with Gasteiger partial charge in [0.15, 0.2) is 0 Å². The molecule has 1 aliphatic heterocycles. The van der Waals surface area contributed by atoms with Crippen LogP contribution in [0.4, 0.5) is 0 Å². The number of sulfonamides is 1. The smallest absolute Gasteiger partial charge is 0.207 e. The molecule has 6 heteroatoms. The number of hydrogen-bond acceptors (Lipinski definition) is 2. The van der Waals surface area contributed by atoms with Gasteiger partial charge in [-0.1, -0.05) is 48.3 Å². The molecule has 112 valence electrons. The van der Waals surface area contributed by atoms with E-state index in [1.165, 1.54) is 0 Å². The van der Waals surface area contributed by atoms with Crippen molar-refractivity contribution in [2.75, 3.05) is 13.1 Å². The van der Waals surface area contributed by atoms with Crippen LogP contribution in [-0.4, -0.2) is 25.8 Å². The first-order valence-electron chi connectivity index (χ1n) is 6.57. The quantitative estimate of drug-likeness (QED) is 0.772. The minimum Gasteiger partial charge on any atom is -0.207 e. The van der Waals surface area contributed by atoms with Crippen molar-refractivity contribution in [3.63, 3.8) is 0 Å². The molecule has 0 bridgehead atoms. The second kappa shape index (κ2) is 5.59. The van der Waals surface area contributed by atoms with E-state index in [9.17, 15) is 8.42 Å². The van der Waals surface area contributed by atoms with Gasteiger partial charge >= 0.3 is 0 Å². The Labute approximate surface area is 134 Å². The van der Waals surface area contributed by atoms with Crippen LogP contribution in [0.15, 0.2) is 27.6 Å². The van der Waals surface area contributed by atoms with Gasteiger partial charge < -0.3 is 0 Å². The van der Waals surface area contributed by atoms with E-state index >= 15 is 0 Å². The molecular weight excluding hydrogens is 362 g/mol. The molecule has 20 heavy (non-hydrogen) atoms. The van der Waals surface area contributed by atoms with Crippen LogP contribution < -0.4 is 0 Å².